The Morgan fingerprint density at radius 1 is 0.929 bits per heavy atom. The van der Waals surface area contributed by atoms with Gasteiger partial charge in [0.25, 0.3) is 0 Å². The highest BCUT2D eigenvalue weighted by atomic mass is 32.2. The summed E-state index contributed by atoms with van der Waals surface area (Å²) >= 11 is 0. The smallest absolute Gasteiger partial charge is 0.247 e. The Hall–Kier alpha value is -2.48. The molecule has 28 heavy (non-hydrogen) atoms. The summed E-state index contributed by atoms with van der Waals surface area (Å²) in [5.41, 5.74) is 2.03. The van der Waals surface area contributed by atoms with Gasteiger partial charge in [-0.2, -0.15) is 9.40 Å². The normalized spacial score (nSPS) is 20.9. The number of para-hydroxylation sites is 1. The molecule has 2 atom stereocenters. The van der Waals surface area contributed by atoms with Gasteiger partial charge in [-0.05, 0) is 26.0 Å². The molecule has 0 radical (unpaired) electrons. The highest BCUT2D eigenvalue weighted by Crippen LogP contribution is 2.30. The van der Waals surface area contributed by atoms with Crippen molar-refractivity contribution in [3.63, 3.8) is 0 Å². The van der Waals surface area contributed by atoms with Crippen molar-refractivity contribution in [3.05, 3.63) is 66.9 Å². The minimum Gasteiger partial charge on any atom is -0.373 e. The first-order valence-corrected chi connectivity index (χ1v) is 10.8. The molecule has 1 saturated heterocycles. The zero-order valence-corrected chi connectivity index (χ0v) is 16.7. The Labute approximate surface area is 165 Å². The van der Waals surface area contributed by atoms with Crippen LogP contribution in [0.2, 0.25) is 0 Å². The number of rotatable bonds is 4. The van der Waals surface area contributed by atoms with Crippen LogP contribution in [-0.2, 0) is 14.8 Å². The van der Waals surface area contributed by atoms with Gasteiger partial charge in [0.05, 0.1) is 24.1 Å². The zero-order chi connectivity index (χ0) is 19.7. The first-order valence-electron chi connectivity index (χ1n) is 9.31. The topological polar surface area (TPSA) is 64.4 Å². The standard InChI is InChI=1S/C21H23N3O3S/c1-16-13-23(14-17(2)27-16)28(25,26)20-15-24(19-11-7-4-8-12-19)22-21(20)18-9-5-3-6-10-18/h3-12,15-17H,13-14H2,1-2H3. The van der Waals surface area contributed by atoms with E-state index in [0.29, 0.717) is 18.8 Å². The maximum Gasteiger partial charge on any atom is 0.247 e. The van der Waals surface area contributed by atoms with Crippen LogP contribution in [0.5, 0.6) is 0 Å². The van der Waals surface area contributed by atoms with E-state index in [1.807, 2.05) is 74.5 Å². The summed E-state index contributed by atoms with van der Waals surface area (Å²) in [4.78, 5) is 0.212. The van der Waals surface area contributed by atoms with Crippen LogP contribution in [0.3, 0.4) is 0 Å². The monoisotopic (exact) mass is 397 g/mol. The molecule has 1 aromatic heterocycles. The molecule has 4 rings (SSSR count). The van der Waals surface area contributed by atoms with E-state index in [4.69, 9.17) is 4.74 Å². The van der Waals surface area contributed by atoms with E-state index in [1.165, 1.54) is 4.31 Å². The van der Waals surface area contributed by atoms with Crippen LogP contribution in [0, 0.1) is 0 Å². The third-order valence-electron chi connectivity index (χ3n) is 4.75. The summed E-state index contributed by atoms with van der Waals surface area (Å²) in [6, 6.07) is 18.9. The van der Waals surface area contributed by atoms with Crippen molar-refractivity contribution in [3.8, 4) is 16.9 Å². The van der Waals surface area contributed by atoms with E-state index in [0.717, 1.165) is 11.3 Å². The second-order valence-corrected chi connectivity index (χ2v) is 8.97. The van der Waals surface area contributed by atoms with Crippen LogP contribution in [0.1, 0.15) is 13.8 Å². The molecule has 6 nitrogen and oxygen atoms in total. The van der Waals surface area contributed by atoms with Gasteiger partial charge in [0.2, 0.25) is 10.0 Å². The number of benzene rings is 2. The molecule has 3 aromatic rings. The van der Waals surface area contributed by atoms with Crippen molar-refractivity contribution in [2.24, 2.45) is 0 Å². The fraction of sp³-hybridized carbons (Fsp3) is 0.286. The van der Waals surface area contributed by atoms with E-state index >= 15 is 0 Å². The van der Waals surface area contributed by atoms with Gasteiger partial charge in [-0.3, -0.25) is 0 Å². The molecule has 2 unspecified atom stereocenters. The maximum absolute atomic E-state index is 13.5. The highest BCUT2D eigenvalue weighted by Gasteiger charge is 2.35. The van der Waals surface area contributed by atoms with E-state index in [1.54, 1.807) is 10.9 Å². The molecule has 0 saturated carbocycles. The third kappa shape index (κ3) is 3.61. The number of nitrogens with zero attached hydrogens (tertiary/aromatic N) is 3. The van der Waals surface area contributed by atoms with Crippen LogP contribution in [0.25, 0.3) is 16.9 Å². The second-order valence-electron chi connectivity index (χ2n) is 7.07. The molecule has 7 heteroatoms. The van der Waals surface area contributed by atoms with Gasteiger partial charge in [-0.1, -0.05) is 48.5 Å². The molecule has 1 aliphatic rings. The Kier molecular flexibility index (Phi) is 5.05. The molecule has 2 heterocycles. The maximum atomic E-state index is 13.5. The van der Waals surface area contributed by atoms with Gasteiger partial charge in [0.15, 0.2) is 0 Å². The lowest BCUT2D eigenvalue weighted by atomic mass is 10.2. The van der Waals surface area contributed by atoms with Gasteiger partial charge in [-0.15, -0.1) is 0 Å². The molecular formula is C21H23N3O3S. The number of ether oxygens (including phenoxy) is 1. The minimum atomic E-state index is -3.72. The lowest BCUT2D eigenvalue weighted by molar-refractivity contribution is -0.0440. The van der Waals surface area contributed by atoms with E-state index in [2.05, 4.69) is 5.10 Å². The number of hydrogen-bond acceptors (Lipinski definition) is 4. The number of morpholine rings is 1. The molecule has 0 bridgehead atoms. The Bertz CT molecular complexity index is 1040. The van der Waals surface area contributed by atoms with E-state index in [-0.39, 0.29) is 17.1 Å². The molecule has 0 N–H and O–H groups in total. The molecule has 1 aliphatic heterocycles. The summed E-state index contributed by atoms with van der Waals surface area (Å²) in [6.07, 6.45) is 1.31. The van der Waals surface area contributed by atoms with Gasteiger partial charge < -0.3 is 4.74 Å². The predicted molar refractivity (Wildman–Crippen MR) is 108 cm³/mol. The van der Waals surface area contributed by atoms with Crippen LogP contribution in [0.4, 0.5) is 0 Å². The minimum absolute atomic E-state index is 0.150. The van der Waals surface area contributed by atoms with Crippen molar-refractivity contribution < 1.29 is 13.2 Å². The molecular weight excluding hydrogens is 374 g/mol. The first kappa shape index (κ1) is 18.9. The Morgan fingerprint density at radius 2 is 1.50 bits per heavy atom. The third-order valence-corrected chi connectivity index (χ3v) is 6.59. The highest BCUT2D eigenvalue weighted by molar-refractivity contribution is 7.89. The average Bonchev–Trinajstić information content (AvgIpc) is 3.15. The van der Waals surface area contributed by atoms with Crippen molar-refractivity contribution in [1.29, 1.82) is 0 Å². The van der Waals surface area contributed by atoms with Crippen LogP contribution in [-0.4, -0.2) is 47.8 Å². The van der Waals surface area contributed by atoms with Crippen molar-refractivity contribution in [1.82, 2.24) is 14.1 Å². The fourth-order valence-electron chi connectivity index (χ4n) is 3.52. The summed E-state index contributed by atoms with van der Waals surface area (Å²) in [7, 11) is -3.72. The molecule has 0 spiro atoms. The largest absolute Gasteiger partial charge is 0.373 e. The second kappa shape index (κ2) is 7.50. The summed E-state index contributed by atoms with van der Waals surface area (Å²) in [6.45, 7) is 4.45. The van der Waals surface area contributed by atoms with Crippen molar-refractivity contribution in [2.45, 2.75) is 31.0 Å². The summed E-state index contributed by atoms with van der Waals surface area (Å²) in [5.74, 6) is 0. The molecule has 2 aromatic carbocycles. The Balaban J connectivity index is 1.84. The zero-order valence-electron chi connectivity index (χ0n) is 15.9. The van der Waals surface area contributed by atoms with E-state index in [9.17, 15) is 8.42 Å². The average molecular weight is 398 g/mol. The molecule has 0 aliphatic carbocycles. The number of hydrogen-bond donors (Lipinski definition) is 0. The van der Waals surface area contributed by atoms with Crippen LogP contribution >= 0.6 is 0 Å². The Morgan fingerprint density at radius 3 is 2.11 bits per heavy atom. The van der Waals surface area contributed by atoms with Crippen LogP contribution < -0.4 is 0 Å². The summed E-state index contributed by atoms with van der Waals surface area (Å²) in [5, 5.41) is 4.63. The lowest BCUT2D eigenvalue weighted by Crippen LogP contribution is -2.48. The number of sulfonamides is 1. The predicted octanol–water partition coefficient (Wildman–Crippen LogP) is 3.34. The van der Waals surface area contributed by atoms with Gasteiger partial charge in [0, 0.05) is 18.7 Å². The lowest BCUT2D eigenvalue weighted by Gasteiger charge is -2.34. The molecule has 1 fully saturated rings. The van der Waals surface area contributed by atoms with Crippen molar-refractivity contribution >= 4 is 10.0 Å². The van der Waals surface area contributed by atoms with Crippen molar-refractivity contribution in [2.75, 3.05) is 13.1 Å². The fourth-order valence-corrected chi connectivity index (χ4v) is 5.25. The van der Waals surface area contributed by atoms with Crippen LogP contribution in [0.15, 0.2) is 71.8 Å². The summed E-state index contributed by atoms with van der Waals surface area (Å²) < 4.78 is 35.9. The molecule has 0 amide bonds. The molecule has 146 valence electrons. The first-order chi connectivity index (χ1) is 13.4. The van der Waals surface area contributed by atoms with E-state index < -0.39 is 10.0 Å². The van der Waals surface area contributed by atoms with Gasteiger partial charge in [0.1, 0.15) is 10.6 Å². The number of aromatic nitrogens is 2. The quantitative estimate of drug-likeness (QED) is 0.677. The van der Waals surface area contributed by atoms with Gasteiger partial charge >= 0.3 is 0 Å². The van der Waals surface area contributed by atoms with Gasteiger partial charge in [-0.25, -0.2) is 13.1 Å². The SMILES string of the molecule is CC1CN(S(=O)(=O)c2cn(-c3ccccc3)nc2-c2ccccc2)CC(C)O1.